The summed E-state index contributed by atoms with van der Waals surface area (Å²) < 4.78 is 34.9. The molecule has 2 aromatic carbocycles. The lowest BCUT2D eigenvalue weighted by atomic mass is 10.1. The molecule has 3 aromatic rings. The maximum absolute atomic E-state index is 12.5. The molecule has 0 fully saturated rings. The molecule has 0 aliphatic carbocycles. The van der Waals surface area contributed by atoms with E-state index in [-0.39, 0.29) is 10.7 Å². The molecule has 0 unspecified atom stereocenters. The van der Waals surface area contributed by atoms with Crippen LogP contribution in [0.15, 0.2) is 64.1 Å². The fourth-order valence-corrected chi connectivity index (χ4v) is 3.93. The molecular weight excluding hydrogens is 418 g/mol. The lowest BCUT2D eigenvalue weighted by Crippen LogP contribution is -2.14. The Morgan fingerprint density at radius 3 is 2.38 bits per heavy atom. The molecule has 0 saturated carbocycles. The van der Waals surface area contributed by atoms with Gasteiger partial charge in [0.15, 0.2) is 5.82 Å². The molecule has 136 valence electrons. The van der Waals surface area contributed by atoms with Gasteiger partial charge in [-0.05, 0) is 52.7 Å². The second kappa shape index (κ2) is 7.51. The largest absolute Gasteiger partial charge is 0.497 e. The van der Waals surface area contributed by atoms with E-state index >= 15 is 0 Å². The van der Waals surface area contributed by atoms with Gasteiger partial charge >= 0.3 is 0 Å². The van der Waals surface area contributed by atoms with Crippen molar-refractivity contribution in [3.63, 3.8) is 0 Å². The van der Waals surface area contributed by atoms with Gasteiger partial charge < -0.3 is 4.74 Å². The zero-order valence-corrected chi connectivity index (χ0v) is 16.7. The van der Waals surface area contributed by atoms with Gasteiger partial charge in [-0.2, -0.15) is 5.10 Å². The summed E-state index contributed by atoms with van der Waals surface area (Å²) in [6.07, 6.45) is 1.74. The number of methoxy groups -OCH3 is 1. The molecule has 1 heterocycles. The summed E-state index contributed by atoms with van der Waals surface area (Å²) in [5, 5.41) is 4.33. The Morgan fingerprint density at radius 1 is 1.12 bits per heavy atom. The fraction of sp³-hybridized carbons (Fsp3) is 0.167. The van der Waals surface area contributed by atoms with Crippen LogP contribution in [0.5, 0.6) is 5.75 Å². The first kappa shape index (κ1) is 18.5. The van der Waals surface area contributed by atoms with Crippen LogP contribution in [0.1, 0.15) is 11.1 Å². The first-order valence-electron chi connectivity index (χ1n) is 7.83. The Labute approximate surface area is 161 Å². The van der Waals surface area contributed by atoms with Gasteiger partial charge in [0, 0.05) is 6.20 Å². The number of benzene rings is 2. The molecule has 1 N–H and O–H groups in total. The third-order valence-electron chi connectivity index (χ3n) is 3.78. The summed E-state index contributed by atoms with van der Waals surface area (Å²) in [6, 6.07) is 14.3. The average molecular weight is 436 g/mol. The molecule has 0 bridgehead atoms. The van der Waals surface area contributed by atoms with Gasteiger partial charge in [-0.25, -0.2) is 8.42 Å². The van der Waals surface area contributed by atoms with E-state index < -0.39 is 10.0 Å². The molecule has 3 rings (SSSR count). The van der Waals surface area contributed by atoms with Gasteiger partial charge in [0.1, 0.15) is 5.75 Å². The Bertz CT molecular complexity index is 997. The smallest absolute Gasteiger partial charge is 0.263 e. The van der Waals surface area contributed by atoms with E-state index in [4.69, 9.17) is 4.74 Å². The topological polar surface area (TPSA) is 73.2 Å². The number of rotatable bonds is 6. The third-order valence-corrected chi connectivity index (χ3v) is 5.72. The second-order valence-electron chi connectivity index (χ2n) is 5.79. The van der Waals surface area contributed by atoms with Crippen molar-refractivity contribution < 1.29 is 13.2 Å². The minimum Gasteiger partial charge on any atom is -0.497 e. The quantitative estimate of drug-likeness (QED) is 0.638. The van der Waals surface area contributed by atoms with E-state index in [0.717, 1.165) is 5.56 Å². The van der Waals surface area contributed by atoms with Crippen molar-refractivity contribution in [2.24, 2.45) is 0 Å². The maximum Gasteiger partial charge on any atom is 0.263 e. The van der Waals surface area contributed by atoms with Crippen LogP contribution in [-0.2, 0) is 16.6 Å². The molecule has 0 aliphatic heterocycles. The molecule has 1 aromatic heterocycles. The minimum atomic E-state index is -3.74. The average Bonchev–Trinajstić information content (AvgIpc) is 2.95. The SMILES string of the molecule is COc1ccc(S(=O)(=O)Nc2nn(Cc3ccc(C)cc3)cc2Br)cc1. The summed E-state index contributed by atoms with van der Waals surface area (Å²) in [7, 11) is -2.21. The number of anilines is 1. The first-order valence-corrected chi connectivity index (χ1v) is 10.1. The monoisotopic (exact) mass is 435 g/mol. The molecule has 0 radical (unpaired) electrons. The lowest BCUT2D eigenvalue weighted by molar-refractivity contribution is 0.414. The van der Waals surface area contributed by atoms with Gasteiger partial charge in [-0.1, -0.05) is 29.8 Å². The Hall–Kier alpha value is -2.32. The van der Waals surface area contributed by atoms with Crippen LogP contribution >= 0.6 is 15.9 Å². The number of nitrogens with one attached hydrogen (secondary N) is 1. The second-order valence-corrected chi connectivity index (χ2v) is 8.33. The highest BCUT2D eigenvalue weighted by atomic mass is 79.9. The van der Waals surface area contributed by atoms with Gasteiger partial charge in [0.25, 0.3) is 10.0 Å². The number of ether oxygens (including phenoxy) is 1. The molecule has 26 heavy (non-hydrogen) atoms. The van der Waals surface area contributed by atoms with Gasteiger partial charge in [0.05, 0.1) is 23.0 Å². The minimum absolute atomic E-state index is 0.137. The number of sulfonamides is 1. The number of nitrogens with zero attached hydrogens (tertiary/aromatic N) is 2. The van der Waals surface area contributed by atoms with Crippen LogP contribution in [0.25, 0.3) is 0 Å². The number of aryl methyl sites for hydroxylation is 1. The van der Waals surface area contributed by atoms with E-state index in [9.17, 15) is 8.42 Å². The van der Waals surface area contributed by atoms with Gasteiger partial charge in [-0.3, -0.25) is 9.40 Å². The third kappa shape index (κ3) is 4.25. The summed E-state index contributed by atoms with van der Waals surface area (Å²) in [6.45, 7) is 2.57. The van der Waals surface area contributed by atoms with Gasteiger partial charge in [-0.15, -0.1) is 0 Å². The van der Waals surface area contributed by atoms with Crippen LogP contribution in [0.2, 0.25) is 0 Å². The Balaban J connectivity index is 1.78. The molecule has 6 nitrogen and oxygen atoms in total. The van der Waals surface area contributed by atoms with Crippen LogP contribution in [0.4, 0.5) is 5.82 Å². The van der Waals surface area contributed by atoms with Crippen LogP contribution < -0.4 is 9.46 Å². The molecule has 0 aliphatic rings. The van der Waals surface area contributed by atoms with E-state index in [1.54, 1.807) is 23.0 Å². The molecule has 0 atom stereocenters. The van der Waals surface area contributed by atoms with Crippen LogP contribution in [0.3, 0.4) is 0 Å². The molecule has 0 saturated heterocycles. The lowest BCUT2D eigenvalue weighted by Gasteiger charge is -2.07. The summed E-state index contributed by atoms with van der Waals surface area (Å²) in [5.74, 6) is 0.834. The van der Waals surface area contributed by atoms with E-state index in [0.29, 0.717) is 16.8 Å². The molecule has 0 spiro atoms. The standard InChI is InChI=1S/C18H18BrN3O3S/c1-13-3-5-14(6-4-13)11-22-12-17(19)18(20-22)21-26(23,24)16-9-7-15(25-2)8-10-16/h3-10,12H,11H2,1-2H3,(H,20,21). The Morgan fingerprint density at radius 2 is 1.77 bits per heavy atom. The van der Waals surface area contributed by atoms with Crippen molar-refractivity contribution in [1.82, 2.24) is 9.78 Å². The number of aromatic nitrogens is 2. The molecule has 0 amide bonds. The number of halogens is 1. The van der Waals surface area contributed by atoms with Crippen molar-refractivity contribution in [3.8, 4) is 5.75 Å². The Kier molecular flexibility index (Phi) is 5.33. The fourth-order valence-electron chi connectivity index (χ4n) is 2.37. The van der Waals surface area contributed by atoms with Crippen LogP contribution in [-0.4, -0.2) is 25.3 Å². The maximum atomic E-state index is 12.5. The zero-order chi connectivity index (χ0) is 18.7. The highest BCUT2D eigenvalue weighted by Gasteiger charge is 2.18. The van der Waals surface area contributed by atoms with Crippen molar-refractivity contribution >= 4 is 31.8 Å². The summed E-state index contributed by atoms with van der Waals surface area (Å²) >= 11 is 3.36. The molecule has 8 heteroatoms. The first-order chi connectivity index (χ1) is 12.4. The van der Waals surface area contributed by atoms with E-state index in [1.165, 1.54) is 24.8 Å². The van der Waals surface area contributed by atoms with Crippen molar-refractivity contribution in [2.45, 2.75) is 18.4 Å². The zero-order valence-electron chi connectivity index (χ0n) is 14.3. The highest BCUT2D eigenvalue weighted by Crippen LogP contribution is 2.24. The van der Waals surface area contributed by atoms with Crippen LogP contribution in [0, 0.1) is 6.92 Å². The summed E-state index contributed by atoms with van der Waals surface area (Å²) in [4.78, 5) is 0.137. The summed E-state index contributed by atoms with van der Waals surface area (Å²) in [5.41, 5.74) is 2.26. The van der Waals surface area contributed by atoms with Crippen molar-refractivity contribution in [1.29, 1.82) is 0 Å². The van der Waals surface area contributed by atoms with E-state index in [1.807, 2.05) is 31.2 Å². The van der Waals surface area contributed by atoms with E-state index in [2.05, 4.69) is 25.8 Å². The number of hydrogen-bond acceptors (Lipinski definition) is 4. The molecular formula is C18H18BrN3O3S. The van der Waals surface area contributed by atoms with Crippen molar-refractivity contribution in [2.75, 3.05) is 11.8 Å². The normalized spacial score (nSPS) is 11.3. The van der Waals surface area contributed by atoms with Crippen molar-refractivity contribution in [3.05, 3.63) is 70.3 Å². The number of hydrogen-bond donors (Lipinski definition) is 1. The van der Waals surface area contributed by atoms with Gasteiger partial charge in [0.2, 0.25) is 0 Å². The predicted octanol–water partition coefficient (Wildman–Crippen LogP) is 3.81. The predicted molar refractivity (Wildman–Crippen MR) is 104 cm³/mol. The highest BCUT2D eigenvalue weighted by molar-refractivity contribution is 9.10.